The molecule has 0 spiro atoms. The smallest absolute Gasteiger partial charge is 0.195 e. The molecule has 0 aliphatic heterocycles. The van der Waals surface area contributed by atoms with E-state index in [0.717, 1.165) is 0 Å². The highest BCUT2D eigenvalue weighted by Crippen LogP contribution is 2.70. The molecule has 0 fully saturated rings. The van der Waals surface area contributed by atoms with Crippen LogP contribution >= 0.6 is 0 Å². The minimum Gasteiger partial charge on any atom is -0.195 e. The molecule has 342 valence electrons. The SMILES string of the molecule is C=CC(F)(F)C(F)(F)C(F)(F)C(F)(F)C(F)(F)C(F)(F)C(F)(F)C(F)(F)C(F)(F)C(F)(F)C(F)(F)C(F)(F)C(F)(F)C(F)(F)C(F)(F)C(F)(F)C(F)(F)C(F)(F)F. The standard InChI is InChI=1S/C20H3F37/c1-2-3(21,22)4(23,24)5(25,26)6(27,28)7(29,30)8(31,32)9(33,34)10(35,36)11(37,38)12(39,40)13(41,42)14(43,44)15(45,46)16(47,48)17(49,50)18(51,52)19(53,54)20(55,56)57/h2H,1H2. The highest BCUT2D eigenvalue weighted by Gasteiger charge is 3.02. The monoisotopic (exact) mass is 946 g/mol. The molecule has 0 rings (SSSR count). The van der Waals surface area contributed by atoms with Gasteiger partial charge in [-0.3, -0.25) is 0 Å². The normalized spacial score (nSPS) is 17.3. The van der Waals surface area contributed by atoms with Gasteiger partial charge < -0.3 is 0 Å². The van der Waals surface area contributed by atoms with Crippen molar-refractivity contribution in [2.75, 3.05) is 0 Å². The van der Waals surface area contributed by atoms with Crippen LogP contribution in [0.5, 0.6) is 0 Å². The molecule has 0 aromatic heterocycles. The summed E-state index contributed by atoms with van der Waals surface area (Å²) in [6.45, 7) is 1.47. The molecule has 0 saturated heterocycles. The summed E-state index contributed by atoms with van der Waals surface area (Å²) in [4.78, 5) is 0. The quantitative estimate of drug-likeness (QED) is 0.101. The summed E-state index contributed by atoms with van der Waals surface area (Å²) in [6.07, 6.45) is -10.4. The van der Waals surface area contributed by atoms with Crippen molar-refractivity contribution >= 4 is 0 Å². The maximum Gasteiger partial charge on any atom is 0.460 e. The zero-order valence-corrected chi connectivity index (χ0v) is 24.3. The average Bonchev–Trinajstić information content (AvgIpc) is 2.98. The van der Waals surface area contributed by atoms with Crippen LogP contribution in [0.3, 0.4) is 0 Å². The van der Waals surface area contributed by atoms with Crippen molar-refractivity contribution in [2.24, 2.45) is 0 Å². The van der Waals surface area contributed by atoms with E-state index in [1.54, 1.807) is 0 Å². The molecule has 37 heteroatoms. The van der Waals surface area contributed by atoms with E-state index in [4.69, 9.17) is 0 Å². The Hall–Kier alpha value is -2.85. The summed E-state index contributed by atoms with van der Waals surface area (Å²) in [7, 11) is 0. The molecule has 0 saturated carbocycles. The largest absolute Gasteiger partial charge is 0.460 e. The molecule has 0 atom stereocenters. The first-order valence-electron chi connectivity index (χ1n) is 11.9. The van der Waals surface area contributed by atoms with Gasteiger partial charge in [0.25, 0.3) is 0 Å². The van der Waals surface area contributed by atoms with E-state index in [-0.39, 0.29) is 0 Å². The van der Waals surface area contributed by atoms with E-state index >= 15 is 0 Å². The fourth-order valence-corrected chi connectivity index (χ4v) is 3.28. The maximum atomic E-state index is 13.9. The minimum atomic E-state index is -10.4. The molecule has 0 radical (unpaired) electrons. The highest BCUT2D eigenvalue weighted by atomic mass is 19.4. The Morgan fingerprint density at radius 3 is 0.386 bits per heavy atom. The van der Waals surface area contributed by atoms with Crippen LogP contribution in [0.1, 0.15) is 0 Å². The van der Waals surface area contributed by atoms with Gasteiger partial charge in [0.2, 0.25) is 0 Å². The van der Waals surface area contributed by atoms with Gasteiger partial charge in [0.1, 0.15) is 0 Å². The molecule has 0 nitrogen and oxygen atoms in total. The van der Waals surface area contributed by atoms with E-state index < -0.39 is 113 Å². The van der Waals surface area contributed by atoms with Crippen LogP contribution in [0, 0.1) is 0 Å². The third-order valence-corrected chi connectivity index (χ3v) is 6.95. The van der Waals surface area contributed by atoms with Crippen molar-refractivity contribution in [1.82, 2.24) is 0 Å². The lowest BCUT2D eigenvalue weighted by Crippen LogP contribution is -2.80. The molecule has 0 aliphatic rings. The molecule has 0 N–H and O–H groups in total. The Morgan fingerprint density at radius 1 is 0.175 bits per heavy atom. The first-order chi connectivity index (χ1) is 23.8. The fraction of sp³-hybridized carbons (Fsp3) is 0.900. The summed E-state index contributed by atoms with van der Waals surface area (Å²) in [5.41, 5.74) is 0. The molecule has 0 heterocycles. The number of rotatable bonds is 17. The molecular weight excluding hydrogens is 943 g/mol. The zero-order chi connectivity index (χ0) is 47.7. The van der Waals surface area contributed by atoms with Crippen LogP contribution in [-0.4, -0.2) is 107 Å². The van der Waals surface area contributed by atoms with Crippen molar-refractivity contribution in [2.45, 2.75) is 107 Å². The summed E-state index contributed by atoms with van der Waals surface area (Å²) in [5, 5.41) is 0. The Balaban J connectivity index is 7.88. The number of halogens is 37. The van der Waals surface area contributed by atoms with Crippen molar-refractivity contribution in [1.29, 1.82) is 0 Å². The first-order valence-corrected chi connectivity index (χ1v) is 11.9. The molecule has 0 aromatic rings. The van der Waals surface area contributed by atoms with Crippen molar-refractivity contribution in [3.05, 3.63) is 12.7 Å². The van der Waals surface area contributed by atoms with Gasteiger partial charge in [0.15, 0.2) is 0 Å². The molecule has 0 aliphatic carbocycles. The van der Waals surface area contributed by atoms with Gasteiger partial charge in [0.05, 0.1) is 0 Å². The second-order valence-corrected chi connectivity index (χ2v) is 10.5. The van der Waals surface area contributed by atoms with Crippen LogP contribution in [0.25, 0.3) is 0 Å². The van der Waals surface area contributed by atoms with E-state index in [2.05, 4.69) is 0 Å². The first kappa shape index (κ1) is 54.2. The van der Waals surface area contributed by atoms with Gasteiger partial charge in [0, 0.05) is 0 Å². The Labute approximate surface area is 283 Å². The maximum absolute atomic E-state index is 13.9. The van der Waals surface area contributed by atoms with Crippen molar-refractivity contribution in [3.63, 3.8) is 0 Å². The summed E-state index contributed by atoms with van der Waals surface area (Å²) < 4.78 is 498. The predicted octanol–water partition coefficient (Wildman–Crippen LogP) is 12.5. The summed E-state index contributed by atoms with van der Waals surface area (Å²) in [6, 6.07) is 0. The van der Waals surface area contributed by atoms with Crippen molar-refractivity contribution in [3.8, 4) is 0 Å². The number of allylic oxidation sites excluding steroid dienone is 1. The minimum absolute atomic E-state index is 1.47. The fourth-order valence-electron chi connectivity index (χ4n) is 3.28. The third kappa shape index (κ3) is 5.93. The second kappa shape index (κ2) is 12.8. The lowest BCUT2D eigenvalue weighted by atomic mass is 9.82. The van der Waals surface area contributed by atoms with Crippen LogP contribution in [0.2, 0.25) is 0 Å². The lowest BCUT2D eigenvalue weighted by molar-refractivity contribution is -0.493. The summed E-state index contributed by atoms with van der Waals surface area (Å²) >= 11 is 0. The molecular formula is C20H3F37. The topological polar surface area (TPSA) is 0 Å². The van der Waals surface area contributed by atoms with Gasteiger partial charge in [-0.1, -0.05) is 6.58 Å². The highest BCUT2D eigenvalue weighted by molar-refractivity contribution is 5.23. The number of alkyl halides is 37. The van der Waals surface area contributed by atoms with Crippen LogP contribution in [0.15, 0.2) is 12.7 Å². The predicted molar refractivity (Wildman–Crippen MR) is 100 cm³/mol. The van der Waals surface area contributed by atoms with Gasteiger partial charge in [-0.2, -0.15) is 162 Å². The average molecular weight is 946 g/mol. The number of hydrogen-bond acceptors (Lipinski definition) is 0. The van der Waals surface area contributed by atoms with Gasteiger partial charge in [-0.25, -0.2) is 0 Å². The van der Waals surface area contributed by atoms with E-state index in [0.29, 0.717) is 0 Å². The van der Waals surface area contributed by atoms with Crippen LogP contribution in [0.4, 0.5) is 162 Å². The molecule has 0 aromatic carbocycles. The Bertz CT molecular complexity index is 1480. The number of hydrogen-bond donors (Lipinski definition) is 0. The second-order valence-electron chi connectivity index (χ2n) is 10.5. The Morgan fingerprint density at radius 2 is 0.281 bits per heavy atom. The van der Waals surface area contributed by atoms with E-state index in [9.17, 15) is 162 Å². The third-order valence-electron chi connectivity index (χ3n) is 6.95. The molecule has 57 heavy (non-hydrogen) atoms. The molecule has 0 unspecified atom stereocenters. The van der Waals surface area contributed by atoms with E-state index in [1.807, 2.05) is 0 Å². The van der Waals surface area contributed by atoms with Crippen LogP contribution in [-0.2, 0) is 0 Å². The van der Waals surface area contributed by atoms with Crippen LogP contribution < -0.4 is 0 Å². The van der Waals surface area contributed by atoms with Gasteiger partial charge in [-0.15, -0.1) is 0 Å². The van der Waals surface area contributed by atoms with E-state index in [1.165, 1.54) is 6.58 Å². The lowest BCUT2D eigenvalue weighted by Gasteiger charge is -2.47. The summed E-state index contributed by atoms with van der Waals surface area (Å²) in [5.74, 6) is -165. The van der Waals surface area contributed by atoms with Gasteiger partial charge >= 0.3 is 107 Å². The Kier molecular flexibility index (Phi) is 12.2. The van der Waals surface area contributed by atoms with Crippen molar-refractivity contribution < 1.29 is 162 Å². The zero-order valence-electron chi connectivity index (χ0n) is 24.3. The van der Waals surface area contributed by atoms with Gasteiger partial charge in [-0.05, 0) is 6.08 Å². The molecule has 0 bridgehead atoms. The molecule has 0 amide bonds.